The number of fused-ring (bicyclic) bond motifs is 1. The lowest BCUT2D eigenvalue weighted by Gasteiger charge is -2.07. The van der Waals surface area contributed by atoms with E-state index in [0.29, 0.717) is 22.6 Å². The summed E-state index contributed by atoms with van der Waals surface area (Å²) in [6.45, 7) is 0.436. The first-order chi connectivity index (χ1) is 12.0. The van der Waals surface area contributed by atoms with Crippen molar-refractivity contribution in [1.82, 2.24) is 24.6 Å². The van der Waals surface area contributed by atoms with Gasteiger partial charge in [0, 0.05) is 29.3 Å². The fourth-order valence-corrected chi connectivity index (χ4v) is 3.17. The Labute approximate surface area is 153 Å². The van der Waals surface area contributed by atoms with Gasteiger partial charge in [-0.05, 0) is 24.3 Å². The molecule has 9 heteroatoms. The first kappa shape index (κ1) is 17.5. The summed E-state index contributed by atoms with van der Waals surface area (Å²) in [6, 6.07) is 7.53. The Bertz CT molecular complexity index is 951. The summed E-state index contributed by atoms with van der Waals surface area (Å²) in [5.74, 6) is 0.492. The van der Waals surface area contributed by atoms with Crippen LogP contribution in [-0.2, 0) is 18.4 Å². The third-order valence-electron chi connectivity index (χ3n) is 3.54. The standard InChI is InChI=1S/C16H16ClN5O2S/c1-21-15-13(8-20-21)16(24)22(10-19-15)9-14(23)18-6-7-25-12-4-2-11(17)3-5-12/h2-5,8,10H,6-7,9H2,1H3,(H,18,23). The molecule has 2 aromatic heterocycles. The smallest absolute Gasteiger partial charge is 0.264 e. The Kier molecular flexibility index (Phi) is 5.40. The Morgan fingerprint density at radius 1 is 1.32 bits per heavy atom. The number of carbonyl (C=O) groups is 1. The molecule has 1 amide bonds. The van der Waals surface area contributed by atoms with Crippen molar-refractivity contribution in [1.29, 1.82) is 0 Å². The van der Waals surface area contributed by atoms with E-state index in [1.54, 1.807) is 18.8 Å². The summed E-state index contributed by atoms with van der Waals surface area (Å²) in [5.41, 5.74) is 0.227. The molecule has 0 aliphatic heterocycles. The van der Waals surface area contributed by atoms with E-state index in [1.165, 1.54) is 21.8 Å². The monoisotopic (exact) mass is 377 g/mol. The summed E-state index contributed by atoms with van der Waals surface area (Å²) >= 11 is 7.46. The number of amides is 1. The molecular formula is C16H16ClN5O2S. The normalized spacial score (nSPS) is 11.0. The molecule has 0 atom stereocenters. The Morgan fingerprint density at radius 2 is 2.08 bits per heavy atom. The maximum absolute atomic E-state index is 12.3. The zero-order valence-electron chi connectivity index (χ0n) is 13.5. The SMILES string of the molecule is Cn1ncc2c(=O)n(CC(=O)NCCSc3ccc(Cl)cc3)cnc21. The van der Waals surface area contributed by atoms with Gasteiger partial charge in [-0.3, -0.25) is 18.8 Å². The Balaban J connectivity index is 1.52. The average molecular weight is 378 g/mol. The molecule has 0 unspecified atom stereocenters. The highest BCUT2D eigenvalue weighted by Gasteiger charge is 2.10. The van der Waals surface area contributed by atoms with Crippen LogP contribution in [0.15, 0.2) is 46.5 Å². The van der Waals surface area contributed by atoms with Crippen molar-refractivity contribution in [2.24, 2.45) is 7.05 Å². The zero-order valence-corrected chi connectivity index (χ0v) is 15.0. The van der Waals surface area contributed by atoms with Gasteiger partial charge in [-0.1, -0.05) is 11.6 Å². The number of nitrogens with one attached hydrogen (secondary N) is 1. The van der Waals surface area contributed by atoms with E-state index in [2.05, 4.69) is 15.4 Å². The van der Waals surface area contributed by atoms with E-state index < -0.39 is 0 Å². The van der Waals surface area contributed by atoms with Gasteiger partial charge in [-0.15, -0.1) is 11.8 Å². The van der Waals surface area contributed by atoms with Crippen LogP contribution >= 0.6 is 23.4 Å². The van der Waals surface area contributed by atoms with E-state index in [4.69, 9.17) is 11.6 Å². The number of aromatic nitrogens is 4. The molecule has 2 heterocycles. The first-order valence-electron chi connectivity index (χ1n) is 7.57. The fourth-order valence-electron chi connectivity index (χ4n) is 2.28. The molecule has 1 N–H and O–H groups in total. The van der Waals surface area contributed by atoms with Crippen molar-refractivity contribution in [2.45, 2.75) is 11.4 Å². The van der Waals surface area contributed by atoms with E-state index >= 15 is 0 Å². The highest BCUT2D eigenvalue weighted by atomic mass is 35.5. The minimum Gasteiger partial charge on any atom is -0.354 e. The van der Waals surface area contributed by atoms with Gasteiger partial charge in [0.05, 0.1) is 6.20 Å². The Morgan fingerprint density at radius 3 is 2.84 bits per heavy atom. The quantitative estimate of drug-likeness (QED) is 0.522. The lowest BCUT2D eigenvalue weighted by molar-refractivity contribution is -0.121. The molecule has 1 aromatic carbocycles. The minimum absolute atomic E-state index is 0.0672. The van der Waals surface area contributed by atoms with Crippen molar-refractivity contribution in [2.75, 3.05) is 12.3 Å². The summed E-state index contributed by atoms with van der Waals surface area (Å²) < 4.78 is 2.81. The molecule has 130 valence electrons. The largest absolute Gasteiger partial charge is 0.354 e. The van der Waals surface area contributed by atoms with Crippen LogP contribution in [0.1, 0.15) is 0 Å². The van der Waals surface area contributed by atoms with E-state index in [0.717, 1.165) is 10.6 Å². The molecule has 0 bridgehead atoms. The molecule has 3 rings (SSSR count). The number of benzene rings is 1. The number of rotatable bonds is 6. The summed E-state index contributed by atoms with van der Waals surface area (Å²) in [7, 11) is 1.71. The highest BCUT2D eigenvalue weighted by Crippen LogP contribution is 2.19. The summed E-state index contributed by atoms with van der Waals surface area (Å²) in [5, 5.41) is 7.90. The molecule has 0 saturated carbocycles. The molecule has 0 aliphatic carbocycles. The van der Waals surface area contributed by atoms with E-state index in [-0.39, 0.29) is 18.0 Å². The number of carbonyl (C=O) groups excluding carboxylic acids is 1. The van der Waals surface area contributed by atoms with Crippen LogP contribution in [0.25, 0.3) is 11.0 Å². The second-order valence-electron chi connectivity index (χ2n) is 5.34. The zero-order chi connectivity index (χ0) is 17.8. The number of nitrogens with zero attached hydrogens (tertiary/aromatic N) is 4. The Hall–Kier alpha value is -2.32. The third kappa shape index (κ3) is 4.21. The third-order valence-corrected chi connectivity index (χ3v) is 4.80. The molecule has 25 heavy (non-hydrogen) atoms. The number of hydrogen-bond acceptors (Lipinski definition) is 5. The molecule has 0 radical (unpaired) electrons. The van der Waals surface area contributed by atoms with Crippen molar-refractivity contribution < 1.29 is 4.79 Å². The second kappa shape index (κ2) is 7.71. The van der Waals surface area contributed by atoms with Crippen LogP contribution in [-0.4, -0.2) is 37.5 Å². The fraction of sp³-hybridized carbons (Fsp3) is 0.250. The van der Waals surface area contributed by atoms with Gasteiger partial charge in [-0.2, -0.15) is 5.10 Å². The van der Waals surface area contributed by atoms with Crippen molar-refractivity contribution >= 4 is 40.3 Å². The molecular weight excluding hydrogens is 362 g/mol. The van der Waals surface area contributed by atoms with Gasteiger partial charge < -0.3 is 5.32 Å². The second-order valence-corrected chi connectivity index (χ2v) is 6.94. The lowest BCUT2D eigenvalue weighted by Crippen LogP contribution is -2.33. The lowest BCUT2D eigenvalue weighted by atomic mass is 10.4. The van der Waals surface area contributed by atoms with E-state index in [1.807, 2.05) is 24.3 Å². The maximum atomic E-state index is 12.3. The molecule has 0 aliphatic rings. The van der Waals surface area contributed by atoms with Gasteiger partial charge in [0.2, 0.25) is 5.91 Å². The molecule has 7 nitrogen and oxygen atoms in total. The average Bonchev–Trinajstić information content (AvgIpc) is 2.98. The maximum Gasteiger partial charge on any atom is 0.264 e. The van der Waals surface area contributed by atoms with Crippen LogP contribution in [0.4, 0.5) is 0 Å². The van der Waals surface area contributed by atoms with Crippen LogP contribution in [0.2, 0.25) is 5.02 Å². The summed E-state index contributed by atoms with van der Waals surface area (Å²) in [6.07, 6.45) is 2.83. The van der Waals surface area contributed by atoms with Crippen molar-refractivity contribution in [3.63, 3.8) is 0 Å². The van der Waals surface area contributed by atoms with Crippen LogP contribution in [0.5, 0.6) is 0 Å². The summed E-state index contributed by atoms with van der Waals surface area (Å²) in [4.78, 5) is 29.6. The molecule has 0 saturated heterocycles. The van der Waals surface area contributed by atoms with Gasteiger partial charge in [-0.25, -0.2) is 4.98 Å². The van der Waals surface area contributed by atoms with Crippen molar-refractivity contribution in [3.05, 3.63) is 52.2 Å². The van der Waals surface area contributed by atoms with Gasteiger partial charge in [0.25, 0.3) is 5.56 Å². The number of aryl methyl sites for hydroxylation is 1. The first-order valence-corrected chi connectivity index (χ1v) is 8.93. The molecule has 3 aromatic rings. The number of halogens is 1. The van der Waals surface area contributed by atoms with Gasteiger partial charge in [0.15, 0.2) is 5.65 Å². The molecule has 0 fully saturated rings. The van der Waals surface area contributed by atoms with Crippen LogP contribution in [0.3, 0.4) is 0 Å². The molecule has 0 spiro atoms. The highest BCUT2D eigenvalue weighted by molar-refractivity contribution is 7.99. The van der Waals surface area contributed by atoms with Gasteiger partial charge >= 0.3 is 0 Å². The minimum atomic E-state index is -0.274. The van der Waals surface area contributed by atoms with E-state index in [9.17, 15) is 9.59 Å². The predicted molar refractivity (Wildman–Crippen MR) is 98.0 cm³/mol. The number of thioether (sulfide) groups is 1. The number of hydrogen-bond donors (Lipinski definition) is 1. The van der Waals surface area contributed by atoms with Crippen molar-refractivity contribution in [3.8, 4) is 0 Å². The van der Waals surface area contributed by atoms with Crippen LogP contribution in [0, 0.1) is 0 Å². The topological polar surface area (TPSA) is 81.8 Å². The van der Waals surface area contributed by atoms with Crippen LogP contribution < -0.4 is 10.9 Å². The van der Waals surface area contributed by atoms with Gasteiger partial charge in [0.1, 0.15) is 18.3 Å². The predicted octanol–water partition coefficient (Wildman–Crippen LogP) is 1.69.